The minimum absolute atomic E-state index is 0.0468. The van der Waals surface area contributed by atoms with E-state index < -0.39 is 48.5 Å². The van der Waals surface area contributed by atoms with Gasteiger partial charge in [0.2, 0.25) is 0 Å². The number of halogens is 5. The molecule has 0 saturated carbocycles. The molecular weight excluding hydrogens is 487 g/mol. The van der Waals surface area contributed by atoms with Crippen LogP contribution in [-0.4, -0.2) is 45.8 Å². The van der Waals surface area contributed by atoms with Crippen LogP contribution < -0.4 is 5.32 Å². The lowest BCUT2D eigenvalue weighted by Crippen LogP contribution is -2.57. The van der Waals surface area contributed by atoms with Gasteiger partial charge in [0.25, 0.3) is 11.8 Å². The van der Waals surface area contributed by atoms with E-state index in [4.69, 9.17) is 0 Å². The Morgan fingerprint density at radius 2 is 1.91 bits per heavy atom. The van der Waals surface area contributed by atoms with Crippen LogP contribution >= 0.6 is 11.3 Å². The van der Waals surface area contributed by atoms with Crippen LogP contribution in [-0.2, 0) is 6.18 Å². The molecular formula is C24H23F5N4OS. The van der Waals surface area contributed by atoms with Gasteiger partial charge in [0.15, 0.2) is 0 Å². The van der Waals surface area contributed by atoms with Crippen LogP contribution in [0, 0.1) is 12.8 Å². The number of alkyl halides is 5. The number of hydrogen-bond acceptors (Lipinski definition) is 5. The van der Waals surface area contributed by atoms with Crippen molar-refractivity contribution in [3.05, 3.63) is 64.9 Å². The number of carbonyl (C=O) groups is 1. The molecule has 5 nitrogen and oxygen atoms in total. The largest absolute Gasteiger partial charge is 0.417 e. The highest BCUT2D eigenvalue weighted by Gasteiger charge is 2.46. The lowest BCUT2D eigenvalue weighted by molar-refractivity contribution is -0.137. The Labute approximate surface area is 203 Å². The van der Waals surface area contributed by atoms with Crippen molar-refractivity contribution in [1.29, 1.82) is 0 Å². The Morgan fingerprint density at radius 1 is 1.20 bits per heavy atom. The summed E-state index contributed by atoms with van der Waals surface area (Å²) < 4.78 is 67.5. The number of amides is 1. The Balaban J connectivity index is 1.60. The second-order valence-electron chi connectivity index (χ2n) is 8.63. The fourth-order valence-electron chi connectivity index (χ4n) is 4.25. The third kappa shape index (κ3) is 5.61. The van der Waals surface area contributed by atoms with Crippen LogP contribution in [0.15, 0.2) is 48.7 Å². The number of thiazole rings is 1. The van der Waals surface area contributed by atoms with Crippen molar-refractivity contribution < 1.29 is 26.7 Å². The molecule has 186 valence electrons. The highest BCUT2D eigenvalue weighted by Crippen LogP contribution is 2.37. The van der Waals surface area contributed by atoms with Crippen LogP contribution in [0.25, 0.3) is 10.4 Å². The van der Waals surface area contributed by atoms with Gasteiger partial charge in [-0.3, -0.25) is 4.79 Å². The van der Waals surface area contributed by atoms with E-state index in [1.54, 1.807) is 13.8 Å². The third-order valence-electron chi connectivity index (χ3n) is 5.90. The lowest BCUT2D eigenvalue weighted by Gasteiger charge is -2.43. The number of pyridine rings is 1. The van der Waals surface area contributed by atoms with Gasteiger partial charge >= 0.3 is 6.18 Å². The van der Waals surface area contributed by atoms with Crippen molar-refractivity contribution >= 4 is 23.1 Å². The summed E-state index contributed by atoms with van der Waals surface area (Å²) in [6, 6.07) is 10.5. The number of likely N-dealkylation sites (tertiary alicyclic amines) is 1. The van der Waals surface area contributed by atoms with Gasteiger partial charge in [-0.1, -0.05) is 37.3 Å². The summed E-state index contributed by atoms with van der Waals surface area (Å²) in [5, 5.41) is 3.54. The van der Waals surface area contributed by atoms with Gasteiger partial charge in [-0.05, 0) is 30.5 Å². The number of benzene rings is 1. The number of anilines is 1. The van der Waals surface area contributed by atoms with E-state index in [2.05, 4.69) is 15.3 Å². The van der Waals surface area contributed by atoms with E-state index in [1.807, 2.05) is 30.3 Å². The van der Waals surface area contributed by atoms with Gasteiger partial charge < -0.3 is 10.2 Å². The smallest absolute Gasteiger partial charge is 0.368 e. The topological polar surface area (TPSA) is 58.1 Å². The van der Waals surface area contributed by atoms with Crippen LogP contribution in [0.3, 0.4) is 0 Å². The molecule has 1 aliphatic rings. The summed E-state index contributed by atoms with van der Waals surface area (Å²) in [4.78, 5) is 23.5. The second kappa shape index (κ2) is 9.52. The second-order valence-corrected chi connectivity index (χ2v) is 9.83. The number of carbonyl (C=O) groups excluding carboxylic acids is 1. The lowest BCUT2D eigenvalue weighted by atomic mass is 9.88. The molecule has 0 aliphatic carbocycles. The molecule has 35 heavy (non-hydrogen) atoms. The number of aryl methyl sites for hydroxylation is 1. The number of nitrogens with zero attached hydrogens (tertiary/aromatic N) is 3. The van der Waals surface area contributed by atoms with Crippen molar-refractivity contribution in [2.45, 2.75) is 38.4 Å². The van der Waals surface area contributed by atoms with Gasteiger partial charge in [0.1, 0.15) is 11.5 Å². The Bertz CT molecular complexity index is 1180. The Hall–Kier alpha value is -3.08. The summed E-state index contributed by atoms with van der Waals surface area (Å²) in [6.07, 6.45) is -4.22. The maximum Gasteiger partial charge on any atom is 0.417 e. The molecule has 1 N–H and O–H groups in total. The SMILES string of the molecule is Cc1nc(C(=O)N2CC(F)(F)CC(C)[C@H]2CNc2ccc(C(F)(F)F)cn2)c(-c2ccccc2)s1. The first-order valence-corrected chi connectivity index (χ1v) is 11.7. The van der Waals surface area contributed by atoms with Gasteiger partial charge in [0, 0.05) is 19.2 Å². The summed E-state index contributed by atoms with van der Waals surface area (Å²) in [6.45, 7) is 2.65. The number of nitrogens with one attached hydrogen (secondary N) is 1. The van der Waals surface area contributed by atoms with Crippen molar-refractivity contribution in [2.75, 3.05) is 18.4 Å². The standard InChI is InChI=1S/C24H23F5N4OS/c1-14-10-23(25,26)13-33(18(14)12-31-19-9-8-17(11-30-19)24(27,28)29)22(34)20-21(35-15(2)32-20)16-6-4-3-5-7-16/h3-9,11,14,18H,10,12-13H2,1-2H3,(H,30,31)/t14?,18-/m1/s1. The maximum absolute atomic E-state index is 14.6. The Kier molecular flexibility index (Phi) is 6.81. The van der Waals surface area contributed by atoms with Crippen molar-refractivity contribution in [1.82, 2.24) is 14.9 Å². The molecule has 3 aromatic rings. The molecule has 2 aromatic heterocycles. The van der Waals surface area contributed by atoms with E-state index in [9.17, 15) is 26.7 Å². The van der Waals surface area contributed by atoms with E-state index in [1.165, 1.54) is 17.4 Å². The molecule has 1 fully saturated rings. The summed E-state index contributed by atoms with van der Waals surface area (Å²) in [7, 11) is 0. The Morgan fingerprint density at radius 3 is 2.54 bits per heavy atom. The molecule has 0 bridgehead atoms. The number of piperidine rings is 1. The van der Waals surface area contributed by atoms with Gasteiger partial charge in [-0.15, -0.1) is 11.3 Å². The molecule has 2 atom stereocenters. The first kappa shape index (κ1) is 25.0. The minimum Gasteiger partial charge on any atom is -0.368 e. The molecule has 1 aromatic carbocycles. The van der Waals surface area contributed by atoms with Crippen molar-refractivity contribution in [3.63, 3.8) is 0 Å². The molecule has 1 unspecified atom stereocenters. The van der Waals surface area contributed by atoms with E-state index in [0.717, 1.165) is 16.5 Å². The molecule has 1 amide bonds. The van der Waals surface area contributed by atoms with E-state index >= 15 is 0 Å². The average Bonchev–Trinajstić information content (AvgIpc) is 3.19. The number of hydrogen-bond donors (Lipinski definition) is 1. The van der Waals surface area contributed by atoms with E-state index in [-0.39, 0.29) is 18.1 Å². The van der Waals surface area contributed by atoms with Crippen LogP contribution in [0.2, 0.25) is 0 Å². The predicted molar refractivity (Wildman–Crippen MR) is 124 cm³/mol. The zero-order valence-corrected chi connectivity index (χ0v) is 19.8. The number of rotatable bonds is 5. The molecule has 11 heteroatoms. The van der Waals surface area contributed by atoms with Gasteiger partial charge in [0.05, 0.1) is 28.0 Å². The zero-order valence-electron chi connectivity index (χ0n) is 18.9. The number of aromatic nitrogens is 2. The molecule has 0 radical (unpaired) electrons. The molecule has 1 aliphatic heterocycles. The van der Waals surface area contributed by atoms with Crippen LogP contribution in [0.1, 0.15) is 34.4 Å². The highest BCUT2D eigenvalue weighted by molar-refractivity contribution is 7.15. The molecule has 3 heterocycles. The zero-order chi connectivity index (χ0) is 25.4. The van der Waals surface area contributed by atoms with Crippen molar-refractivity contribution in [3.8, 4) is 10.4 Å². The minimum atomic E-state index is -4.51. The quantitative estimate of drug-likeness (QED) is 0.420. The fraction of sp³-hybridized carbons (Fsp3) is 0.375. The fourth-order valence-corrected chi connectivity index (χ4v) is 5.16. The summed E-state index contributed by atoms with van der Waals surface area (Å²) in [5.74, 6) is -4.10. The summed E-state index contributed by atoms with van der Waals surface area (Å²) >= 11 is 1.31. The average molecular weight is 511 g/mol. The van der Waals surface area contributed by atoms with Gasteiger partial charge in [-0.2, -0.15) is 13.2 Å². The molecule has 4 rings (SSSR count). The third-order valence-corrected chi connectivity index (χ3v) is 6.92. The normalized spacial score (nSPS) is 20.0. The molecule has 1 saturated heterocycles. The molecule has 0 spiro atoms. The van der Waals surface area contributed by atoms with E-state index in [0.29, 0.717) is 16.1 Å². The first-order chi connectivity index (χ1) is 16.4. The first-order valence-electron chi connectivity index (χ1n) is 10.9. The highest BCUT2D eigenvalue weighted by atomic mass is 32.1. The maximum atomic E-state index is 14.6. The monoisotopic (exact) mass is 510 g/mol. The predicted octanol–water partition coefficient (Wildman–Crippen LogP) is 6.13. The van der Waals surface area contributed by atoms with Gasteiger partial charge in [-0.25, -0.2) is 18.7 Å². The van der Waals surface area contributed by atoms with Crippen LogP contribution in [0.4, 0.5) is 27.8 Å². The van der Waals surface area contributed by atoms with Crippen molar-refractivity contribution in [2.24, 2.45) is 5.92 Å². The van der Waals surface area contributed by atoms with Crippen LogP contribution in [0.5, 0.6) is 0 Å². The summed E-state index contributed by atoms with van der Waals surface area (Å²) in [5.41, 5.74) is -0.0129.